The zero-order chi connectivity index (χ0) is 28.0. The molecule has 0 radical (unpaired) electrons. The molecule has 0 spiro atoms. The molecule has 1 aliphatic heterocycles. The average molecular weight is 571 g/mol. The number of nitrogens with zero attached hydrogens (tertiary/aromatic N) is 1. The van der Waals surface area contributed by atoms with Gasteiger partial charge in [-0.2, -0.15) is 0 Å². The van der Waals surface area contributed by atoms with E-state index in [9.17, 15) is 15.0 Å². The normalized spacial score (nSPS) is 21.9. The number of aliphatic hydroxyl groups excluding tert-OH is 1. The summed E-state index contributed by atoms with van der Waals surface area (Å²) in [6.45, 7) is 3.97. The van der Waals surface area contributed by atoms with Crippen molar-refractivity contribution in [2.24, 2.45) is 5.41 Å². The third kappa shape index (κ3) is 4.99. The van der Waals surface area contributed by atoms with E-state index >= 15 is 0 Å². The Bertz CT molecular complexity index is 1350. The highest BCUT2D eigenvalue weighted by Gasteiger charge is 2.56. The minimum absolute atomic E-state index is 0.00998. The Hall–Kier alpha value is -2.45. The molecule has 39 heavy (non-hydrogen) atoms. The molecular formula is C31H33Cl2NO5. The number of carbonyl (C=O) groups excluding carboxylic acids is 1. The third-order valence-electron chi connectivity index (χ3n) is 8.08. The summed E-state index contributed by atoms with van der Waals surface area (Å²) in [6.07, 6.45) is 1.71. The summed E-state index contributed by atoms with van der Waals surface area (Å²) in [7, 11) is 1.52. The second-order valence-corrected chi connectivity index (χ2v) is 11.8. The number of hydrogen-bond donors (Lipinski definition) is 2. The van der Waals surface area contributed by atoms with Crippen molar-refractivity contribution in [2.75, 3.05) is 26.9 Å². The van der Waals surface area contributed by atoms with Crippen LogP contribution in [0.4, 0.5) is 0 Å². The van der Waals surface area contributed by atoms with Gasteiger partial charge < -0.3 is 19.7 Å². The summed E-state index contributed by atoms with van der Waals surface area (Å²) >= 11 is 12.5. The highest BCUT2D eigenvalue weighted by atomic mass is 35.5. The van der Waals surface area contributed by atoms with Crippen molar-refractivity contribution in [3.8, 4) is 0 Å². The monoisotopic (exact) mass is 569 g/mol. The van der Waals surface area contributed by atoms with Crippen LogP contribution in [0.5, 0.6) is 0 Å². The molecule has 3 aromatic carbocycles. The first-order valence-electron chi connectivity index (χ1n) is 13.0. The van der Waals surface area contributed by atoms with Crippen molar-refractivity contribution in [1.82, 2.24) is 4.90 Å². The Balaban J connectivity index is 1.73. The molecular weight excluding hydrogens is 537 g/mol. The van der Waals surface area contributed by atoms with Gasteiger partial charge in [0.05, 0.1) is 25.9 Å². The van der Waals surface area contributed by atoms with Crippen LogP contribution >= 0.6 is 23.2 Å². The third-order valence-corrected chi connectivity index (χ3v) is 8.58. The summed E-state index contributed by atoms with van der Waals surface area (Å²) in [6, 6.07) is 19.7. The van der Waals surface area contributed by atoms with Crippen molar-refractivity contribution >= 4 is 29.1 Å². The van der Waals surface area contributed by atoms with E-state index < -0.39 is 17.4 Å². The van der Waals surface area contributed by atoms with Gasteiger partial charge in [-0.25, -0.2) is 0 Å². The van der Waals surface area contributed by atoms with E-state index in [1.807, 2.05) is 43.3 Å². The number of carbonyl (C=O) groups is 1. The molecule has 6 nitrogen and oxygen atoms in total. The molecule has 1 heterocycles. The minimum Gasteiger partial charge on any atom is -0.396 e. The second kappa shape index (κ2) is 10.5. The van der Waals surface area contributed by atoms with Gasteiger partial charge in [0.25, 0.3) is 5.91 Å². The summed E-state index contributed by atoms with van der Waals surface area (Å²) in [5, 5.41) is 22.3. The fourth-order valence-corrected chi connectivity index (χ4v) is 5.69. The molecule has 0 saturated heterocycles. The van der Waals surface area contributed by atoms with Gasteiger partial charge in [0, 0.05) is 39.3 Å². The highest BCUT2D eigenvalue weighted by Crippen LogP contribution is 2.53. The number of methoxy groups -OCH3 is 1. The maximum atomic E-state index is 14.4. The fraction of sp³-hybridized carbons (Fsp3) is 0.387. The minimum atomic E-state index is -1.30. The van der Waals surface area contributed by atoms with Gasteiger partial charge in [0.1, 0.15) is 5.60 Å². The van der Waals surface area contributed by atoms with Gasteiger partial charge >= 0.3 is 0 Å². The van der Waals surface area contributed by atoms with Gasteiger partial charge in [0.15, 0.2) is 5.72 Å². The van der Waals surface area contributed by atoms with Crippen molar-refractivity contribution in [3.63, 3.8) is 0 Å². The number of ether oxygens (including phenoxy) is 2. The van der Waals surface area contributed by atoms with Crippen molar-refractivity contribution in [1.29, 1.82) is 0 Å². The molecule has 0 bridgehead atoms. The predicted octanol–water partition coefficient (Wildman–Crippen LogP) is 6.05. The van der Waals surface area contributed by atoms with Gasteiger partial charge in [-0.3, -0.25) is 9.69 Å². The molecule has 5 rings (SSSR count). The lowest BCUT2D eigenvalue weighted by Crippen LogP contribution is -2.49. The van der Waals surface area contributed by atoms with Crippen LogP contribution in [0.15, 0.2) is 66.7 Å². The molecule has 3 aromatic rings. The summed E-state index contributed by atoms with van der Waals surface area (Å²) in [4.78, 5) is 16.2. The molecule has 2 N–H and O–H groups in total. The SMILES string of the molecule is COC[C@](C)(O)c1ccc2c(c1)C(=O)N([C@@H](C)c1ccc(Cl)cc1)[C@@]2(OCC1(CO)CC1)c1ccc(Cl)cc1. The average Bonchev–Trinajstić information content (AvgIpc) is 3.67. The largest absolute Gasteiger partial charge is 0.396 e. The number of aliphatic hydroxyl groups is 2. The zero-order valence-electron chi connectivity index (χ0n) is 22.3. The Kier molecular flexibility index (Phi) is 7.57. The molecule has 2 aliphatic rings. The lowest BCUT2D eigenvalue weighted by atomic mass is 9.88. The number of benzene rings is 3. The molecule has 1 aliphatic carbocycles. The van der Waals surface area contributed by atoms with Crippen LogP contribution in [0.3, 0.4) is 0 Å². The molecule has 1 amide bonds. The molecule has 1 saturated carbocycles. The van der Waals surface area contributed by atoms with Gasteiger partial charge in [-0.15, -0.1) is 0 Å². The predicted molar refractivity (Wildman–Crippen MR) is 151 cm³/mol. The number of halogens is 2. The summed E-state index contributed by atoms with van der Waals surface area (Å²) in [5.74, 6) is -0.230. The number of fused-ring (bicyclic) bond motifs is 1. The van der Waals surface area contributed by atoms with Gasteiger partial charge in [-0.1, -0.05) is 59.6 Å². The van der Waals surface area contributed by atoms with Crippen LogP contribution in [0.1, 0.15) is 65.3 Å². The second-order valence-electron chi connectivity index (χ2n) is 11.0. The topological polar surface area (TPSA) is 79.2 Å². The number of hydrogen-bond acceptors (Lipinski definition) is 5. The standard InChI is InChI=1S/C31H33Cl2NO5/c1-20(21-4-9-24(32)10-5-21)34-28(36)26-16-23(29(2,37)18-38-3)8-13-27(26)31(34,22-6-11-25(33)12-7-22)39-19-30(17-35)14-15-30/h4-13,16,20,35,37H,14-15,17-19H2,1-3H3/t20-,29-,31+/m0/s1. The molecule has 1 fully saturated rings. The van der Waals surface area contributed by atoms with E-state index in [0.717, 1.165) is 24.0 Å². The molecule has 3 atom stereocenters. The first-order valence-corrected chi connectivity index (χ1v) is 13.8. The van der Waals surface area contributed by atoms with E-state index in [1.54, 1.807) is 42.2 Å². The maximum absolute atomic E-state index is 14.4. The van der Waals surface area contributed by atoms with Gasteiger partial charge in [-0.05, 0) is 68.1 Å². The van der Waals surface area contributed by atoms with E-state index in [2.05, 4.69) is 0 Å². The Labute approximate surface area is 239 Å². The lowest BCUT2D eigenvalue weighted by Gasteiger charge is -2.43. The Morgan fingerprint density at radius 3 is 2.21 bits per heavy atom. The summed E-state index contributed by atoms with van der Waals surface area (Å²) < 4.78 is 12.1. The highest BCUT2D eigenvalue weighted by molar-refractivity contribution is 6.30. The van der Waals surface area contributed by atoms with Crippen LogP contribution in [0.2, 0.25) is 10.0 Å². The van der Waals surface area contributed by atoms with Gasteiger partial charge in [0.2, 0.25) is 0 Å². The number of amides is 1. The first kappa shape index (κ1) is 28.1. The quantitative estimate of drug-likeness (QED) is 0.310. The van der Waals surface area contributed by atoms with Crippen molar-refractivity contribution < 1.29 is 24.5 Å². The van der Waals surface area contributed by atoms with Crippen molar-refractivity contribution in [2.45, 2.75) is 44.1 Å². The van der Waals surface area contributed by atoms with E-state index in [1.165, 1.54) is 7.11 Å². The first-order chi connectivity index (χ1) is 18.6. The van der Waals surface area contributed by atoms with Crippen LogP contribution < -0.4 is 0 Å². The van der Waals surface area contributed by atoms with Crippen LogP contribution in [0, 0.1) is 5.41 Å². The van der Waals surface area contributed by atoms with Crippen LogP contribution in [0.25, 0.3) is 0 Å². The molecule has 0 unspecified atom stereocenters. The summed E-state index contributed by atoms with van der Waals surface area (Å²) in [5.41, 5.74) is 0.376. The van der Waals surface area contributed by atoms with Crippen molar-refractivity contribution in [3.05, 3.63) is 105 Å². The van der Waals surface area contributed by atoms with Crippen LogP contribution in [-0.2, 0) is 20.8 Å². The molecule has 206 valence electrons. The Morgan fingerprint density at radius 1 is 1.03 bits per heavy atom. The smallest absolute Gasteiger partial charge is 0.257 e. The fourth-order valence-electron chi connectivity index (χ4n) is 5.44. The number of rotatable bonds is 10. The van der Waals surface area contributed by atoms with Crippen LogP contribution in [-0.4, -0.2) is 48.0 Å². The molecule has 8 heteroatoms. The Morgan fingerprint density at radius 2 is 1.64 bits per heavy atom. The lowest BCUT2D eigenvalue weighted by molar-refractivity contribution is -0.137. The van der Waals surface area contributed by atoms with E-state index in [-0.39, 0.29) is 31.1 Å². The van der Waals surface area contributed by atoms with E-state index in [4.69, 9.17) is 32.7 Å². The molecule has 0 aromatic heterocycles. The van der Waals surface area contributed by atoms with E-state index in [0.29, 0.717) is 26.7 Å². The maximum Gasteiger partial charge on any atom is 0.257 e. The zero-order valence-corrected chi connectivity index (χ0v) is 23.8.